The van der Waals surface area contributed by atoms with Crippen LogP contribution in [0.25, 0.3) is 22.4 Å². The summed E-state index contributed by atoms with van der Waals surface area (Å²) >= 11 is 0. The summed E-state index contributed by atoms with van der Waals surface area (Å²) in [5, 5.41) is 7.83. The maximum Gasteiger partial charge on any atom is 0.451 e. The van der Waals surface area contributed by atoms with Crippen molar-refractivity contribution in [1.29, 1.82) is 0 Å². The van der Waals surface area contributed by atoms with Crippen LogP contribution in [0.4, 0.5) is 29.3 Å². The number of piperazine rings is 1. The van der Waals surface area contributed by atoms with Gasteiger partial charge in [0.05, 0.1) is 16.2 Å². The number of amides is 1. The Morgan fingerprint density at radius 3 is 2.07 bits per heavy atom. The highest BCUT2D eigenvalue weighted by molar-refractivity contribution is 7.89. The molecule has 2 aromatic carbocycles. The summed E-state index contributed by atoms with van der Waals surface area (Å²) in [4.78, 5) is 33.9. The number of sulfonamides is 1. The SMILES string of the molecule is NS(=O)(=O)c1ccc(-c2c(-c3ccc(F)cc3)nc(C(F)(F)F)nc2N2CCN(C(=O)c3ccc(N=O)o3)CC2)cc1. The van der Waals surface area contributed by atoms with Gasteiger partial charge in [0.1, 0.15) is 11.6 Å². The van der Waals surface area contributed by atoms with Crippen molar-refractivity contribution in [3.05, 3.63) is 83.0 Å². The Morgan fingerprint density at radius 1 is 0.905 bits per heavy atom. The van der Waals surface area contributed by atoms with Crippen molar-refractivity contribution < 1.29 is 35.2 Å². The number of aromatic nitrogens is 2. The van der Waals surface area contributed by atoms with Gasteiger partial charge in [0.15, 0.2) is 5.76 Å². The van der Waals surface area contributed by atoms with E-state index in [0.29, 0.717) is 0 Å². The number of primary sulfonamides is 1. The molecule has 0 saturated carbocycles. The molecule has 2 N–H and O–H groups in total. The van der Waals surface area contributed by atoms with Crippen LogP contribution in [0.15, 0.2) is 75.2 Å². The number of furan rings is 1. The Labute approximate surface area is 235 Å². The number of nitroso groups, excluding NO2 is 1. The lowest BCUT2D eigenvalue weighted by Gasteiger charge is -2.36. The zero-order valence-corrected chi connectivity index (χ0v) is 22.2. The van der Waals surface area contributed by atoms with Gasteiger partial charge in [0.2, 0.25) is 15.8 Å². The molecular weight excluding hydrogens is 584 g/mol. The lowest BCUT2D eigenvalue weighted by Crippen LogP contribution is -2.49. The van der Waals surface area contributed by atoms with Gasteiger partial charge in [0.25, 0.3) is 11.8 Å². The first-order valence-corrected chi connectivity index (χ1v) is 13.8. The second kappa shape index (κ2) is 10.9. The Morgan fingerprint density at radius 2 is 1.52 bits per heavy atom. The molecule has 218 valence electrons. The van der Waals surface area contributed by atoms with Gasteiger partial charge in [-0.25, -0.2) is 27.9 Å². The minimum atomic E-state index is -4.94. The van der Waals surface area contributed by atoms with Crippen molar-refractivity contribution >= 4 is 27.6 Å². The summed E-state index contributed by atoms with van der Waals surface area (Å²) in [6, 6.07) is 12.3. The number of nitrogens with two attached hydrogens (primary N) is 1. The molecule has 0 bridgehead atoms. The van der Waals surface area contributed by atoms with Gasteiger partial charge in [-0.2, -0.15) is 13.2 Å². The van der Waals surface area contributed by atoms with E-state index in [2.05, 4.69) is 15.1 Å². The summed E-state index contributed by atoms with van der Waals surface area (Å²) in [7, 11) is -4.06. The standard InChI is InChI=1S/C26H20F4N6O5S/c27-17-5-1-16(2-6-17)22-21(15-3-7-18(8-4-15)42(31,39)40)23(33-25(32-22)26(28,29)30)35-11-13-36(14-12-35)24(37)19-9-10-20(34-38)41-19/h1-10H,11-14H2,(H2,31,39,40). The fourth-order valence-corrected chi connectivity index (χ4v) is 4.98. The van der Waals surface area contributed by atoms with Crippen molar-refractivity contribution in [2.45, 2.75) is 11.1 Å². The topological polar surface area (TPSA) is 152 Å². The molecule has 1 aliphatic rings. The molecule has 1 amide bonds. The van der Waals surface area contributed by atoms with Gasteiger partial charge in [0, 0.05) is 43.0 Å². The maximum atomic E-state index is 14.0. The van der Waals surface area contributed by atoms with Gasteiger partial charge < -0.3 is 14.2 Å². The van der Waals surface area contributed by atoms with Crippen LogP contribution < -0.4 is 10.0 Å². The normalized spacial score (nSPS) is 14.2. The van der Waals surface area contributed by atoms with Crippen LogP contribution in [0, 0.1) is 10.7 Å². The third kappa shape index (κ3) is 5.84. The Kier molecular flexibility index (Phi) is 7.51. The molecule has 1 aliphatic heterocycles. The molecule has 0 unspecified atom stereocenters. The average Bonchev–Trinajstić information content (AvgIpc) is 3.45. The van der Waals surface area contributed by atoms with Crippen molar-refractivity contribution in [3.8, 4) is 22.4 Å². The lowest BCUT2D eigenvalue weighted by molar-refractivity contribution is -0.144. The number of nitrogens with zero attached hydrogens (tertiary/aromatic N) is 5. The fraction of sp³-hybridized carbons (Fsp3) is 0.192. The molecule has 1 saturated heterocycles. The summed E-state index contributed by atoms with van der Waals surface area (Å²) in [5.41, 5.74) is 0.387. The number of halogens is 4. The first kappa shape index (κ1) is 28.8. The van der Waals surface area contributed by atoms with Gasteiger partial charge >= 0.3 is 6.18 Å². The molecule has 0 atom stereocenters. The van der Waals surface area contributed by atoms with Crippen LogP contribution in [0.5, 0.6) is 0 Å². The maximum absolute atomic E-state index is 14.0. The predicted octanol–water partition coefficient (Wildman–Crippen LogP) is 4.57. The smallest absolute Gasteiger partial charge is 0.430 e. The number of carbonyl (C=O) groups excluding carboxylic acids is 1. The molecule has 16 heteroatoms. The third-order valence-electron chi connectivity index (χ3n) is 6.49. The van der Waals surface area contributed by atoms with E-state index in [1.807, 2.05) is 0 Å². The highest BCUT2D eigenvalue weighted by atomic mass is 32.2. The summed E-state index contributed by atoms with van der Waals surface area (Å²) in [6.07, 6.45) is -4.94. The van der Waals surface area contributed by atoms with Crippen molar-refractivity contribution in [2.75, 3.05) is 31.1 Å². The monoisotopic (exact) mass is 604 g/mol. The summed E-state index contributed by atoms with van der Waals surface area (Å²) < 4.78 is 84.5. The number of hydrogen-bond donors (Lipinski definition) is 1. The second-order valence-electron chi connectivity index (χ2n) is 9.18. The van der Waals surface area contributed by atoms with Crippen LogP contribution in [0.2, 0.25) is 0 Å². The molecule has 3 heterocycles. The highest BCUT2D eigenvalue weighted by Crippen LogP contribution is 2.41. The van der Waals surface area contributed by atoms with E-state index in [9.17, 15) is 35.7 Å². The van der Waals surface area contributed by atoms with Crippen molar-refractivity contribution in [2.24, 2.45) is 10.3 Å². The van der Waals surface area contributed by atoms with E-state index < -0.39 is 33.7 Å². The van der Waals surface area contributed by atoms with E-state index >= 15 is 0 Å². The molecule has 0 aliphatic carbocycles. The number of anilines is 1. The Balaban J connectivity index is 1.60. The van der Waals surface area contributed by atoms with E-state index in [-0.39, 0.29) is 70.9 Å². The number of carbonyl (C=O) groups is 1. The molecule has 0 radical (unpaired) electrons. The largest absolute Gasteiger partial charge is 0.451 e. The van der Waals surface area contributed by atoms with Crippen LogP contribution in [0.3, 0.4) is 0 Å². The van der Waals surface area contributed by atoms with Crippen molar-refractivity contribution in [1.82, 2.24) is 14.9 Å². The van der Waals surface area contributed by atoms with Gasteiger partial charge in [-0.05, 0) is 48.0 Å². The van der Waals surface area contributed by atoms with E-state index in [4.69, 9.17) is 9.56 Å². The van der Waals surface area contributed by atoms with Gasteiger partial charge in [-0.1, -0.05) is 12.1 Å². The van der Waals surface area contributed by atoms with Gasteiger partial charge in [-0.3, -0.25) is 4.79 Å². The van der Waals surface area contributed by atoms with E-state index in [1.54, 1.807) is 0 Å². The van der Waals surface area contributed by atoms with E-state index in [0.717, 1.165) is 12.1 Å². The van der Waals surface area contributed by atoms with Crippen LogP contribution >= 0.6 is 0 Å². The fourth-order valence-electron chi connectivity index (χ4n) is 4.47. The quantitative estimate of drug-likeness (QED) is 0.248. The molecular formula is C26H20F4N6O5S. The minimum absolute atomic E-state index is 0.0463. The summed E-state index contributed by atoms with van der Waals surface area (Å²) in [6.45, 7) is 0.212. The van der Waals surface area contributed by atoms with Crippen LogP contribution in [-0.4, -0.2) is 55.4 Å². The number of benzene rings is 2. The highest BCUT2D eigenvalue weighted by Gasteiger charge is 2.38. The Bertz CT molecular complexity index is 1750. The predicted molar refractivity (Wildman–Crippen MR) is 142 cm³/mol. The number of alkyl halides is 3. The first-order chi connectivity index (χ1) is 19.8. The number of rotatable bonds is 6. The first-order valence-electron chi connectivity index (χ1n) is 12.2. The van der Waals surface area contributed by atoms with Crippen LogP contribution in [-0.2, 0) is 16.2 Å². The second-order valence-corrected chi connectivity index (χ2v) is 10.7. The molecule has 5 rings (SSSR count). The Hall–Kier alpha value is -4.70. The number of hydrogen-bond acceptors (Lipinski definition) is 9. The third-order valence-corrected chi connectivity index (χ3v) is 7.42. The molecule has 11 nitrogen and oxygen atoms in total. The molecule has 0 spiro atoms. The van der Waals surface area contributed by atoms with Crippen LogP contribution in [0.1, 0.15) is 16.4 Å². The summed E-state index contributed by atoms with van der Waals surface area (Å²) in [5.74, 6) is -3.11. The molecule has 2 aromatic heterocycles. The lowest BCUT2D eigenvalue weighted by atomic mass is 9.98. The minimum Gasteiger partial charge on any atom is -0.430 e. The molecule has 4 aromatic rings. The van der Waals surface area contributed by atoms with Crippen molar-refractivity contribution in [3.63, 3.8) is 0 Å². The zero-order valence-electron chi connectivity index (χ0n) is 21.4. The molecule has 42 heavy (non-hydrogen) atoms. The molecule has 1 fully saturated rings. The zero-order chi connectivity index (χ0) is 30.2. The van der Waals surface area contributed by atoms with Gasteiger partial charge in [-0.15, -0.1) is 4.91 Å². The van der Waals surface area contributed by atoms with E-state index in [1.165, 1.54) is 58.3 Å². The average molecular weight is 605 g/mol.